The third kappa shape index (κ3) is 3.24. The van der Waals surface area contributed by atoms with Crippen LogP contribution >= 0.6 is 0 Å². The van der Waals surface area contributed by atoms with Crippen LogP contribution in [0.4, 0.5) is 0 Å². The maximum absolute atomic E-state index is 4.40. The first kappa shape index (κ1) is 13.8. The third-order valence-electron chi connectivity index (χ3n) is 3.64. The Kier molecular flexibility index (Phi) is 4.38. The van der Waals surface area contributed by atoms with Crippen LogP contribution in [0.15, 0.2) is 30.5 Å². The van der Waals surface area contributed by atoms with Gasteiger partial charge >= 0.3 is 0 Å². The van der Waals surface area contributed by atoms with Gasteiger partial charge < -0.3 is 5.32 Å². The van der Waals surface area contributed by atoms with E-state index < -0.39 is 0 Å². The summed E-state index contributed by atoms with van der Waals surface area (Å²) in [4.78, 5) is 0. The number of benzene rings is 1. The van der Waals surface area contributed by atoms with Crippen molar-refractivity contribution in [1.29, 1.82) is 0 Å². The molecule has 0 fully saturated rings. The van der Waals surface area contributed by atoms with E-state index in [4.69, 9.17) is 0 Å². The zero-order valence-corrected chi connectivity index (χ0v) is 12.3. The molecule has 1 atom stereocenters. The monoisotopic (exact) mass is 257 g/mol. The summed E-state index contributed by atoms with van der Waals surface area (Å²) >= 11 is 0. The van der Waals surface area contributed by atoms with E-state index in [-0.39, 0.29) is 0 Å². The number of aryl methyl sites for hydroxylation is 2. The van der Waals surface area contributed by atoms with Crippen molar-refractivity contribution in [2.45, 2.75) is 46.8 Å². The maximum atomic E-state index is 4.40. The third-order valence-corrected chi connectivity index (χ3v) is 3.64. The standard InChI is InChI=1S/C16H23N3/c1-5-19-14(4)16(11-18-19)13(3)17-10-15-8-6-12(2)7-9-15/h6-9,11,13,17H,5,10H2,1-4H3. The van der Waals surface area contributed by atoms with Crippen molar-refractivity contribution in [2.75, 3.05) is 0 Å². The molecule has 0 saturated heterocycles. The van der Waals surface area contributed by atoms with Gasteiger partial charge in [0, 0.05) is 30.4 Å². The van der Waals surface area contributed by atoms with Crippen LogP contribution in [-0.4, -0.2) is 9.78 Å². The van der Waals surface area contributed by atoms with Crippen molar-refractivity contribution in [3.05, 3.63) is 52.8 Å². The Labute approximate surface area is 115 Å². The highest BCUT2D eigenvalue weighted by Crippen LogP contribution is 2.17. The zero-order valence-electron chi connectivity index (χ0n) is 12.3. The van der Waals surface area contributed by atoms with Crippen LogP contribution in [0.2, 0.25) is 0 Å². The lowest BCUT2D eigenvalue weighted by Crippen LogP contribution is -2.18. The molecule has 0 aliphatic carbocycles. The number of aromatic nitrogens is 2. The van der Waals surface area contributed by atoms with E-state index in [2.05, 4.69) is 62.4 Å². The van der Waals surface area contributed by atoms with Crippen molar-refractivity contribution in [2.24, 2.45) is 0 Å². The summed E-state index contributed by atoms with van der Waals surface area (Å²) in [6.45, 7) is 10.4. The Balaban J connectivity index is 1.99. The molecule has 19 heavy (non-hydrogen) atoms. The van der Waals surface area contributed by atoms with Gasteiger partial charge in [0.2, 0.25) is 0 Å². The topological polar surface area (TPSA) is 29.9 Å². The molecule has 0 amide bonds. The number of nitrogens with zero attached hydrogens (tertiary/aromatic N) is 2. The molecule has 0 saturated carbocycles. The Morgan fingerprint density at radius 3 is 2.47 bits per heavy atom. The van der Waals surface area contributed by atoms with Crippen LogP contribution in [0.3, 0.4) is 0 Å². The molecule has 2 rings (SSSR count). The lowest BCUT2D eigenvalue weighted by Gasteiger charge is -2.14. The van der Waals surface area contributed by atoms with Crippen molar-refractivity contribution in [1.82, 2.24) is 15.1 Å². The quantitative estimate of drug-likeness (QED) is 0.890. The summed E-state index contributed by atoms with van der Waals surface area (Å²) in [5.74, 6) is 0. The summed E-state index contributed by atoms with van der Waals surface area (Å²) < 4.78 is 2.04. The molecule has 0 bridgehead atoms. The molecule has 0 radical (unpaired) electrons. The Bertz CT molecular complexity index is 525. The average Bonchev–Trinajstić information content (AvgIpc) is 2.79. The maximum Gasteiger partial charge on any atom is 0.0540 e. The Morgan fingerprint density at radius 1 is 1.21 bits per heavy atom. The highest BCUT2D eigenvalue weighted by Gasteiger charge is 2.12. The Morgan fingerprint density at radius 2 is 1.89 bits per heavy atom. The van der Waals surface area contributed by atoms with E-state index in [0.29, 0.717) is 6.04 Å². The van der Waals surface area contributed by atoms with Gasteiger partial charge in [0.05, 0.1) is 6.20 Å². The van der Waals surface area contributed by atoms with Gasteiger partial charge in [-0.05, 0) is 33.3 Å². The van der Waals surface area contributed by atoms with Crippen molar-refractivity contribution < 1.29 is 0 Å². The fourth-order valence-electron chi connectivity index (χ4n) is 2.29. The lowest BCUT2D eigenvalue weighted by atomic mass is 10.1. The van der Waals surface area contributed by atoms with Gasteiger partial charge in [0.1, 0.15) is 0 Å². The van der Waals surface area contributed by atoms with E-state index >= 15 is 0 Å². The normalized spacial score (nSPS) is 12.6. The molecule has 0 aliphatic rings. The van der Waals surface area contributed by atoms with Crippen molar-refractivity contribution in [3.8, 4) is 0 Å². The number of rotatable bonds is 5. The number of hydrogen-bond acceptors (Lipinski definition) is 2. The molecule has 3 heteroatoms. The van der Waals surface area contributed by atoms with Gasteiger partial charge in [0.15, 0.2) is 0 Å². The van der Waals surface area contributed by atoms with Gasteiger partial charge in [-0.3, -0.25) is 4.68 Å². The molecule has 102 valence electrons. The molecular formula is C16H23N3. The first-order valence-electron chi connectivity index (χ1n) is 6.93. The number of nitrogens with one attached hydrogen (secondary N) is 1. The SMILES string of the molecule is CCn1ncc(C(C)NCc2ccc(C)cc2)c1C. The van der Waals surface area contributed by atoms with Crippen LogP contribution in [0.5, 0.6) is 0 Å². The predicted molar refractivity (Wildman–Crippen MR) is 79.1 cm³/mol. The first-order valence-corrected chi connectivity index (χ1v) is 6.93. The van der Waals surface area contributed by atoms with Gasteiger partial charge in [0.25, 0.3) is 0 Å². The highest BCUT2D eigenvalue weighted by atomic mass is 15.3. The zero-order chi connectivity index (χ0) is 13.8. The summed E-state index contributed by atoms with van der Waals surface area (Å²) in [5.41, 5.74) is 5.16. The highest BCUT2D eigenvalue weighted by molar-refractivity contribution is 5.23. The van der Waals surface area contributed by atoms with Crippen LogP contribution in [0, 0.1) is 13.8 Å². The smallest absolute Gasteiger partial charge is 0.0540 e. The Hall–Kier alpha value is -1.61. The van der Waals surface area contributed by atoms with Crippen molar-refractivity contribution >= 4 is 0 Å². The van der Waals surface area contributed by atoms with Crippen LogP contribution in [0.25, 0.3) is 0 Å². The van der Waals surface area contributed by atoms with Crippen LogP contribution in [0.1, 0.15) is 42.3 Å². The second-order valence-electron chi connectivity index (χ2n) is 5.09. The summed E-state index contributed by atoms with van der Waals surface area (Å²) in [5, 5.41) is 7.96. The summed E-state index contributed by atoms with van der Waals surface area (Å²) in [7, 11) is 0. The molecule has 0 spiro atoms. The summed E-state index contributed by atoms with van der Waals surface area (Å²) in [6, 6.07) is 8.99. The van der Waals surface area contributed by atoms with Crippen LogP contribution in [-0.2, 0) is 13.1 Å². The molecule has 1 unspecified atom stereocenters. The van der Waals surface area contributed by atoms with Gasteiger partial charge in [-0.1, -0.05) is 29.8 Å². The summed E-state index contributed by atoms with van der Waals surface area (Å²) in [6.07, 6.45) is 1.98. The van der Waals surface area contributed by atoms with E-state index in [0.717, 1.165) is 13.1 Å². The second-order valence-corrected chi connectivity index (χ2v) is 5.09. The van der Waals surface area contributed by atoms with E-state index in [1.807, 2.05) is 10.9 Å². The molecule has 1 aromatic heterocycles. The van der Waals surface area contributed by atoms with Gasteiger partial charge in [-0.15, -0.1) is 0 Å². The first-order chi connectivity index (χ1) is 9.11. The fourth-order valence-corrected chi connectivity index (χ4v) is 2.29. The minimum atomic E-state index is 0.321. The lowest BCUT2D eigenvalue weighted by molar-refractivity contribution is 0.567. The number of hydrogen-bond donors (Lipinski definition) is 1. The van der Waals surface area contributed by atoms with E-state index in [1.54, 1.807) is 0 Å². The largest absolute Gasteiger partial charge is 0.306 e. The molecule has 1 aromatic carbocycles. The second kappa shape index (κ2) is 6.02. The van der Waals surface area contributed by atoms with Crippen molar-refractivity contribution in [3.63, 3.8) is 0 Å². The minimum absolute atomic E-state index is 0.321. The van der Waals surface area contributed by atoms with Gasteiger partial charge in [-0.2, -0.15) is 5.10 Å². The van der Waals surface area contributed by atoms with E-state index in [9.17, 15) is 0 Å². The van der Waals surface area contributed by atoms with Crippen LogP contribution < -0.4 is 5.32 Å². The average molecular weight is 257 g/mol. The molecule has 2 aromatic rings. The molecule has 3 nitrogen and oxygen atoms in total. The molecule has 1 N–H and O–H groups in total. The molecule has 1 heterocycles. The fraction of sp³-hybridized carbons (Fsp3) is 0.438. The van der Waals surface area contributed by atoms with Gasteiger partial charge in [-0.25, -0.2) is 0 Å². The molecule has 0 aliphatic heterocycles. The predicted octanol–water partition coefficient (Wildman–Crippen LogP) is 3.37. The minimum Gasteiger partial charge on any atom is -0.306 e. The van der Waals surface area contributed by atoms with E-state index in [1.165, 1.54) is 22.4 Å². The molecular weight excluding hydrogens is 234 g/mol.